The van der Waals surface area contributed by atoms with E-state index < -0.39 is 5.97 Å². The summed E-state index contributed by atoms with van der Waals surface area (Å²) >= 11 is 0. The summed E-state index contributed by atoms with van der Waals surface area (Å²) < 4.78 is 20.7. The van der Waals surface area contributed by atoms with Gasteiger partial charge in [-0.05, 0) is 6.07 Å². The summed E-state index contributed by atoms with van der Waals surface area (Å²) in [7, 11) is 1.61. The average molecular weight is 270 g/mol. The molecule has 0 aliphatic heterocycles. The molecule has 0 aromatic carbocycles. The molecule has 1 rings (SSSR count). The zero-order chi connectivity index (χ0) is 14.3. The molecule has 0 radical (unpaired) electrons. The third-order valence-electron chi connectivity index (χ3n) is 2.67. The minimum atomic E-state index is -0.399. The molecule has 1 atom stereocenters. The Balaban J connectivity index is 2.52. The fourth-order valence-electron chi connectivity index (χ4n) is 1.37. The van der Waals surface area contributed by atoms with Gasteiger partial charge in [0, 0.05) is 12.5 Å². The molecule has 0 spiro atoms. The second kappa shape index (κ2) is 7.31. The molecular weight excluding hydrogens is 248 g/mol. The van der Waals surface area contributed by atoms with Crippen LogP contribution in [-0.4, -0.2) is 39.0 Å². The number of ether oxygens (including phenoxy) is 3. The monoisotopic (exact) mass is 270 g/mol. The maximum atomic E-state index is 11.9. The third kappa shape index (κ3) is 5.44. The Morgan fingerprint density at radius 1 is 1.37 bits per heavy atom. The van der Waals surface area contributed by atoms with E-state index in [4.69, 9.17) is 18.6 Å². The molecule has 0 unspecified atom stereocenters. The predicted octanol–water partition coefficient (Wildman–Crippen LogP) is 2.51. The molecule has 0 N–H and O–H groups in total. The van der Waals surface area contributed by atoms with Gasteiger partial charge in [-0.1, -0.05) is 20.8 Å². The van der Waals surface area contributed by atoms with Crippen LogP contribution in [0, 0.1) is 5.41 Å². The van der Waals surface area contributed by atoms with E-state index in [9.17, 15) is 4.79 Å². The average Bonchev–Trinajstić information content (AvgIpc) is 2.85. The summed E-state index contributed by atoms with van der Waals surface area (Å²) in [5.74, 6) is -0.399. The summed E-state index contributed by atoms with van der Waals surface area (Å²) in [5.41, 5.74) is 0.207. The van der Waals surface area contributed by atoms with Crippen LogP contribution >= 0.6 is 0 Å². The molecule has 0 aliphatic rings. The van der Waals surface area contributed by atoms with Crippen LogP contribution in [0.3, 0.4) is 0 Å². The lowest BCUT2D eigenvalue weighted by Crippen LogP contribution is -2.36. The fourth-order valence-corrected chi connectivity index (χ4v) is 1.37. The molecule has 0 fully saturated rings. The zero-order valence-corrected chi connectivity index (χ0v) is 12.0. The predicted molar refractivity (Wildman–Crippen MR) is 70.1 cm³/mol. The number of hydrogen-bond donors (Lipinski definition) is 0. The summed E-state index contributed by atoms with van der Waals surface area (Å²) in [6.45, 7) is 7.34. The summed E-state index contributed by atoms with van der Waals surface area (Å²) in [5, 5.41) is 0. The molecule has 1 aromatic heterocycles. The third-order valence-corrected chi connectivity index (χ3v) is 2.67. The van der Waals surface area contributed by atoms with E-state index in [1.165, 1.54) is 12.5 Å². The van der Waals surface area contributed by atoms with Crippen molar-refractivity contribution in [3.05, 3.63) is 24.2 Å². The van der Waals surface area contributed by atoms with Crippen molar-refractivity contribution in [1.29, 1.82) is 0 Å². The van der Waals surface area contributed by atoms with E-state index in [1.54, 1.807) is 13.2 Å². The lowest BCUT2D eigenvalue weighted by atomic mass is 9.89. The second-order valence-electron chi connectivity index (χ2n) is 5.34. The van der Waals surface area contributed by atoms with Crippen molar-refractivity contribution in [1.82, 2.24) is 0 Å². The second-order valence-corrected chi connectivity index (χ2v) is 5.34. The van der Waals surface area contributed by atoms with Crippen LogP contribution in [0.4, 0.5) is 0 Å². The van der Waals surface area contributed by atoms with Crippen molar-refractivity contribution in [3.63, 3.8) is 0 Å². The first-order chi connectivity index (χ1) is 8.95. The van der Waals surface area contributed by atoms with E-state index >= 15 is 0 Å². The quantitative estimate of drug-likeness (QED) is 0.563. The van der Waals surface area contributed by atoms with Crippen LogP contribution in [-0.2, 0) is 14.2 Å². The molecule has 1 heterocycles. The van der Waals surface area contributed by atoms with Gasteiger partial charge in [-0.3, -0.25) is 0 Å². The highest BCUT2D eigenvalue weighted by atomic mass is 16.6. The highest BCUT2D eigenvalue weighted by Gasteiger charge is 2.29. The number of esters is 1. The number of carbonyl (C=O) groups is 1. The van der Waals surface area contributed by atoms with E-state index in [2.05, 4.69) is 0 Å². The zero-order valence-electron chi connectivity index (χ0n) is 12.0. The van der Waals surface area contributed by atoms with Crippen molar-refractivity contribution in [2.75, 3.05) is 26.9 Å². The normalized spacial score (nSPS) is 13.3. The smallest absolute Gasteiger partial charge is 0.341 e. The van der Waals surface area contributed by atoms with Crippen LogP contribution in [0.15, 0.2) is 23.0 Å². The van der Waals surface area contributed by atoms with Crippen molar-refractivity contribution in [2.24, 2.45) is 5.41 Å². The Morgan fingerprint density at radius 3 is 2.63 bits per heavy atom. The van der Waals surface area contributed by atoms with Crippen LogP contribution in [0.5, 0.6) is 0 Å². The van der Waals surface area contributed by atoms with Crippen molar-refractivity contribution in [2.45, 2.75) is 26.9 Å². The Kier molecular flexibility index (Phi) is 6.05. The molecule has 0 aliphatic carbocycles. The van der Waals surface area contributed by atoms with Gasteiger partial charge in [-0.15, -0.1) is 0 Å². The minimum Gasteiger partial charge on any atom is -0.472 e. The van der Waals surface area contributed by atoms with E-state index in [1.807, 2.05) is 20.8 Å². The summed E-state index contributed by atoms with van der Waals surface area (Å²) in [6.07, 6.45) is 2.48. The molecule has 108 valence electrons. The Labute approximate surface area is 113 Å². The molecule has 1 aromatic rings. The Bertz CT molecular complexity index is 364. The van der Waals surface area contributed by atoms with Gasteiger partial charge in [-0.25, -0.2) is 4.79 Å². The minimum absolute atomic E-state index is 0.202. The first kappa shape index (κ1) is 15.7. The van der Waals surface area contributed by atoms with Crippen LogP contribution < -0.4 is 0 Å². The van der Waals surface area contributed by atoms with Gasteiger partial charge in [0.05, 0.1) is 31.6 Å². The number of rotatable bonds is 7. The van der Waals surface area contributed by atoms with Crippen molar-refractivity contribution in [3.8, 4) is 0 Å². The fraction of sp³-hybridized carbons (Fsp3) is 0.643. The lowest BCUT2D eigenvalue weighted by Gasteiger charge is -2.29. The van der Waals surface area contributed by atoms with Crippen LogP contribution in [0.1, 0.15) is 31.1 Å². The standard InChI is InChI=1S/C14H22O5/c1-14(2,3)12(10-18-8-7-16-4)19-13(15)11-5-6-17-9-11/h5-6,9,12H,7-8,10H2,1-4H3/t12-/m1/s1. The molecule has 0 bridgehead atoms. The topological polar surface area (TPSA) is 57.9 Å². The first-order valence-electron chi connectivity index (χ1n) is 6.25. The lowest BCUT2D eigenvalue weighted by molar-refractivity contribution is -0.0511. The molecule has 5 nitrogen and oxygen atoms in total. The maximum absolute atomic E-state index is 11.9. The molecule has 0 saturated carbocycles. The molecule has 0 saturated heterocycles. The molecule has 5 heteroatoms. The molecule has 19 heavy (non-hydrogen) atoms. The van der Waals surface area contributed by atoms with Gasteiger partial charge < -0.3 is 18.6 Å². The number of hydrogen-bond acceptors (Lipinski definition) is 5. The van der Waals surface area contributed by atoms with Gasteiger partial charge in [0.2, 0.25) is 0 Å². The van der Waals surface area contributed by atoms with Gasteiger partial charge in [-0.2, -0.15) is 0 Å². The molecule has 0 amide bonds. The molecular formula is C14H22O5. The largest absolute Gasteiger partial charge is 0.472 e. The number of furan rings is 1. The number of carbonyl (C=O) groups excluding carboxylic acids is 1. The summed E-state index contributed by atoms with van der Waals surface area (Å²) in [4.78, 5) is 11.9. The number of methoxy groups -OCH3 is 1. The van der Waals surface area contributed by atoms with Crippen LogP contribution in [0.25, 0.3) is 0 Å². The SMILES string of the molecule is COCCOC[C@@H](OC(=O)c1ccoc1)C(C)(C)C. The highest BCUT2D eigenvalue weighted by molar-refractivity contribution is 5.89. The van der Waals surface area contributed by atoms with E-state index in [0.717, 1.165) is 0 Å². The van der Waals surface area contributed by atoms with Gasteiger partial charge in [0.15, 0.2) is 0 Å². The highest BCUT2D eigenvalue weighted by Crippen LogP contribution is 2.23. The maximum Gasteiger partial charge on any atom is 0.341 e. The Hall–Kier alpha value is -1.33. The first-order valence-corrected chi connectivity index (χ1v) is 6.25. The van der Waals surface area contributed by atoms with E-state index in [-0.39, 0.29) is 11.5 Å². The van der Waals surface area contributed by atoms with Crippen molar-refractivity contribution >= 4 is 5.97 Å². The van der Waals surface area contributed by atoms with E-state index in [0.29, 0.717) is 25.4 Å². The summed E-state index contributed by atoms with van der Waals surface area (Å²) in [6, 6.07) is 1.58. The Morgan fingerprint density at radius 2 is 2.11 bits per heavy atom. The van der Waals surface area contributed by atoms with Gasteiger partial charge in [0.1, 0.15) is 12.4 Å². The van der Waals surface area contributed by atoms with Crippen LogP contribution in [0.2, 0.25) is 0 Å². The van der Waals surface area contributed by atoms with Gasteiger partial charge >= 0.3 is 5.97 Å². The van der Waals surface area contributed by atoms with Crippen molar-refractivity contribution < 1.29 is 23.4 Å². The van der Waals surface area contributed by atoms with Gasteiger partial charge in [0.25, 0.3) is 0 Å².